The van der Waals surface area contributed by atoms with E-state index in [1.165, 1.54) is 13.2 Å². The van der Waals surface area contributed by atoms with Crippen LogP contribution in [0.4, 0.5) is 5.69 Å². The number of nitrogens with zero attached hydrogens (tertiary/aromatic N) is 2. The summed E-state index contributed by atoms with van der Waals surface area (Å²) in [5, 5.41) is 15.0. The van der Waals surface area contributed by atoms with Crippen molar-refractivity contribution in [2.75, 3.05) is 40.4 Å². The third-order valence-corrected chi connectivity index (χ3v) is 4.51. The quantitative estimate of drug-likeness (QED) is 0.580. The minimum atomic E-state index is -0.321. The molecule has 1 aromatic rings. The first-order chi connectivity index (χ1) is 11.6. The lowest BCUT2D eigenvalue weighted by Gasteiger charge is -2.35. The molecule has 7 heteroatoms. The van der Waals surface area contributed by atoms with Gasteiger partial charge in [0.25, 0.3) is 5.69 Å². The summed E-state index contributed by atoms with van der Waals surface area (Å²) in [5.41, 5.74) is 0.820. The van der Waals surface area contributed by atoms with Crippen LogP contribution in [0.15, 0.2) is 12.1 Å². The van der Waals surface area contributed by atoms with Gasteiger partial charge in [-0.3, -0.25) is 15.0 Å². The van der Waals surface area contributed by atoms with E-state index < -0.39 is 0 Å². The summed E-state index contributed by atoms with van der Waals surface area (Å²) in [7, 11) is 3.05. The number of ether oxygens (including phenoxy) is 2. The zero-order chi connectivity index (χ0) is 17.5. The number of benzene rings is 1. The van der Waals surface area contributed by atoms with Gasteiger partial charge in [0.05, 0.1) is 30.8 Å². The molecule has 1 aliphatic heterocycles. The molecule has 1 N–H and O–H groups in total. The monoisotopic (exact) mass is 337 g/mol. The molecule has 24 heavy (non-hydrogen) atoms. The van der Waals surface area contributed by atoms with E-state index in [1.807, 2.05) is 0 Å². The summed E-state index contributed by atoms with van der Waals surface area (Å²) in [6, 6.07) is 3.28. The lowest BCUT2D eigenvalue weighted by atomic mass is 9.96. The highest BCUT2D eigenvalue weighted by atomic mass is 16.6. The fourth-order valence-electron chi connectivity index (χ4n) is 3.24. The van der Waals surface area contributed by atoms with E-state index in [9.17, 15) is 10.1 Å². The fraction of sp³-hybridized carbons (Fsp3) is 0.647. The maximum Gasteiger partial charge on any atom is 0.278 e. The Hall–Kier alpha value is -1.86. The molecule has 1 fully saturated rings. The normalized spacial score (nSPS) is 16.6. The summed E-state index contributed by atoms with van der Waals surface area (Å²) in [5.74, 6) is 0.928. The molecule has 1 heterocycles. The molecule has 2 rings (SSSR count). The van der Waals surface area contributed by atoms with Crippen LogP contribution >= 0.6 is 0 Å². The van der Waals surface area contributed by atoms with Gasteiger partial charge < -0.3 is 14.8 Å². The highest BCUT2D eigenvalue weighted by Crippen LogP contribution is 2.40. The van der Waals surface area contributed by atoms with Crippen molar-refractivity contribution < 1.29 is 14.4 Å². The average molecular weight is 337 g/mol. The van der Waals surface area contributed by atoms with Gasteiger partial charge in [0.2, 0.25) is 0 Å². The van der Waals surface area contributed by atoms with E-state index in [-0.39, 0.29) is 16.7 Å². The van der Waals surface area contributed by atoms with E-state index in [0.29, 0.717) is 17.1 Å². The van der Waals surface area contributed by atoms with Crippen LogP contribution in [-0.2, 0) is 0 Å². The van der Waals surface area contributed by atoms with Crippen molar-refractivity contribution in [1.29, 1.82) is 0 Å². The number of nitro groups is 1. The van der Waals surface area contributed by atoms with Crippen molar-refractivity contribution in [3.05, 3.63) is 27.8 Å². The van der Waals surface area contributed by atoms with Crippen LogP contribution in [0.25, 0.3) is 0 Å². The van der Waals surface area contributed by atoms with Gasteiger partial charge in [0.15, 0.2) is 11.5 Å². The molecule has 7 nitrogen and oxygen atoms in total. The minimum absolute atomic E-state index is 0.0206. The van der Waals surface area contributed by atoms with Crippen LogP contribution in [0.3, 0.4) is 0 Å². The van der Waals surface area contributed by atoms with Gasteiger partial charge in [-0.25, -0.2) is 0 Å². The molecular formula is C17H27N3O4. The standard InChI is InChI=1S/C17H27N3O4/c1-4-5-6-14(19-9-7-18-8-10-19)13-11-16(23-2)17(24-3)12-15(13)20(21)22/h11-12,14,18H,4-10H2,1-3H3/t14-/m0/s1. The van der Waals surface area contributed by atoms with E-state index in [2.05, 4.69) is 17.1 Å². The van der Waals surface area contributed by atoms with Crippen molar-refractivity contribution in [1.82, 2.24) is 10.2 Å². The van der Waals surface area contributed by atoms with Crippen LogP contribution in [0.5, 0.6) is 11.5 Å². The Morgan fingerprint density at radius 1 is 1.25 bits per heavy atom. The van der Waals surface area contributed by atoms with Gasteiger partial charge in [-0.1, -0.05) is 19.8 Å². The van der Waals surface area contributed by atoms with Gasteiger partial charge in [0, 0.05) is 32.2 Å². The Bertz CT molecular complexity index is 559. The molecule has 0 radical (unpaired) electrons. The fourth-order valence-corrected chi connectivity index (χ4v) is 3.24. The number of nitro benzene ring substituents is 1. The summed E-state index contributed by atoms with van der Waals surface area (Å²) >= 11 is 0. The Kier molecular flexibility index (Phi) is 6.81. The molecule has 1 atom stereocenters. The molecule has 1 saturated heterocycles. The molecule has 1 aliphatic rings. The topological polar surface area (TPSA) is 76.9 Å². The second-order valence-electron chi connectivity index (χ2n) is 5.97. The lowest BCUT2D eigenvalue weighted by molar-refractivity contribution is -0.386. The summed E-state index contributed by atoms with van der Waals surface area (Å²) in [6.45, 7) is 5.73. The third-order valence-electron chi connectivity index (χ3n) is 4.51. The minimum Gasteiger partial charge on any atom is -0.493 e. The van der Waals surface area contributed by atoms with E-state index in [4.69, 9.17) is 9.47 Å². The highest BCUT2D eigenvalue weighted by molar-refractivity contribution is 5.55. The summed E-state index contributed by atoms with van der Waals surface area (Å²) in [4.78, 5) is 13.6. The maximum atomic E-state index is 11.6. The number of nitrogens with one attached hydrogen (secondary N) is 1. The second kappa shape index (κ2) is 8.84. The Morgan fingerprint density at radius 3 is 2.42 bits per heavy atom. The molecule has 0 spiro atoms. The first-order valence-electron chi connectivity index (χ1n) is 8.47. The van der Waals surface area contributed by atoms with Crippen molar-refractivity contribution in [3.8, 4) is 11.5 Å². The van der Waals surface area contributed by atoms with Gasteiger partial charge >= 0.3 is 0 Å². The van der Waals surface area contributed by atoms with Crippen molar-refractivity contribution in [2.24, 2.45) is 0 Å². The molecule has 0 saturated carbocycles. The first-order valence-corrected chi connectivity index (χ1v) is 8.47. The number of methoxy groups -OCH3 is 2. The maximum absolute atomic E-state index is 11.6. The van der Waals surface area contributed by atoms with E-state index in [0.717, 1.165) is 45.4 Å². The molecule has 0 unspecified atom stereocenters. The summed E-state index contributed by atoms with van der Waals surface area (Å²) < 4.78 is 10.6. The van der Waals surface area contributed by atoms with Gasteiger partial charge in [-0.2, -0.15) is 0 Å². The molecule has 0 aliphatic carbocycles. The third kappa shape index (κ3) is 4.15. The molecule has 134 valence electrons. The zero-order valence-electron chi connectivity index (χ0n) is 14.7. The van der Waals surface area contributed by atoms with Crippen LogP contribution in [0, 0.1) is 10.1 Å². The molecule has 0 bridgehead atoms. The van der Waals surface area contributed by atoms with Crippen LogP contribution in [-0.4, -0.2) is 50.2 Å². The van der Waals surface area contributed by atoms with Crippen LogP contribution < -0.4 is 14.8 Å². The Balaban J connectivity index is 2.47. The molecule has 1 aromatic carbocycles. The second-order valence-corrected chi connectivity index (χ2v) is 5.97. The number of hydrogen-bond donors (Lipinski definition) is 1. The Morgan fingerprint density at radius 2 is 1.88 bits per heavy atom. The first kappa shape index (κ1) is 18.5. The van der Waals surface area contributed by atoms with Crippen molar-refractivity contribution >= 4 is 5.69 Å². The average Bonchev–Trinajstić information content (AvgIpc) is 2.62. The number of hydrogen-bond acceptors (Lipinski definition) is 6. The zero-order valence-corrected chi connectivity index (χ0v) is 14.7. The van der Waals surface area contributed by atoms with Crippen LogP contribution in [0.1, 0.15) is 37.8 Å². The lowest BCUT2D eigenvalue weighted by Crippen LogP contribution is -2.45. The molecule has 0 amide bonds. The predicted molar refractivity (Wildman–Crippen MR) is 92.9 cm³/mol. The SMILES string of the molecule is CCCC[C@@H](c1cc(OC)c(OC)cc1[N+](=O)[O-])N1CCNCC1. The van der Waals surface area contributed by atoms with Crippen molar-refractivity contribution in [3.63, 3.8) is 0 Å². The van der Waals surface area contributed by atoms with Crippen LogP contribution in [0.2, 0.25) is 0 Å². The van der Waals surface area contributed by atoms with E-state index in [1.54, 1.807) is 13.2 Å². The largest absolute Gasteiger partial charge is 0.493 e. The smallest absolute Gasteiger partial charge is 0.278 e. The van der Waals surface area contributed by atoms with Gasteiger partial charge in [-0.05, 0) is 12.5 Å². The van der Waals surface area contributed by atoms with E-state index >= 15 is 0 Å². The molecule has 0 aromatic heterocycles. The number of piperazine rings is 1. The molecular weight excluding hydrogens is 310 g/mol. The summed E-state index contributed by atoms with van der Waals surface area (Å²) in [6.07, 6.45) is 2.98. The predicted octanol–water partition coefficient (Wildman–Crippen LogP) is 2.75. The van der Waals surface area contributed by atoms with Gasteiger partial charge in [0.1, 0.15) is 0 Å². The number of rotatable bonds is 8. The van der Waals surface area contributed by atoms with Gasteiger partial charge in [-0.15, -0.1) is 0 Å². The van der Waals surface area contributed by atoms with Crippen molar-refractivity contribution in [2.45, 2.75) is 32.2 Å². The highest BCUT2D eigenvalue weighted by Gasteiger charge is 2.30. The Labute approximate surface area is 143 Å². The number of unbranched alkanes of at least 4 members (excludes halogenated alkanes) is 1.